The van der Waals surface area contributed by atoms with Gasteiger partial charge in [0, 0.05) is 21.5 Å². The normalized spacial score (nSPS) is 11.1. The van der Waals surface area contributed by atoms with Crippen molar-refractivity contribution in [2.75, 3.05) is 12.4 Å². The molecule has 0 unspecified atom stereocenters. The molecular formula is C24H18N2O2S. The number of hydrogen-bond acceptors (Lipinski definition) is 4. The van der Waals surface area contributed by atoms with Crippen molar-refractivity contribution in [3.63, 3.8) is 0 Å². The van der Waals surface area contributed by atoms with Gasteiger partial charge in [0.1, 0.15) is 5.75 Å². The van der Waals surface area contributed by atoms with Gasteiger partial charge in [-0.05, 0) is 64.9 Å². The Hall–Kier alpha value is -3.57. The van der Waals surface area contributed by atoms with E-state index in [1.54, 1.807) is 18.4 Å². The SMILES string of the molecule is COc1ccc(Nc2cc(-c3cccs3)cc3c2c(=O)[nH]c2ccccc23)cc1. The van der Waals surface area contributed by atoms with Crippen LogP contribution in [0.4, 0.5) is 11.4 Å². The second-order valence-corrected chi connectivity index (χ2v) is 7.72. The monoisotopic (exact) mass is 398 g/mol. The molecule has 5 aromatic rings. The number of methoxy groups -OCH3 is 1. The smallest absolute Gasteiger partial charge is 0.258 e. The molecule has 2 N–H and O–H groups in total. The molecule has 2 aromatic heterocycles. The second kappa shape index (κ2) is 7.11. The molecule has 5 heteroatoms. The van der Waals surface area contributed by atoms with E-state index in [1.165, 1.54) is 0 Å². The fourth-order valence-corrected chi connectivity index (χ4v) is 4.34. The van der Waals surface area contributed by atoms with Crippen molar-refractivity contribution in [3.05, 3.63) is 88.5 Å². The lowest BCUT2D eigenvalue weighted by Gasteiger charge is -2.14. The van der Waals surface area contributed by atoms with Crippen LogP contribution in [0.5, 0.6) is 5.75 Å². The van der Waals surface area contributed by atoms with Gasteiger partial charge in [-0.3, -0.25) is 4.79 Å². The maximum atomic E-state index is 13.0. The first-order valence-corrected chi connectivity index (χ1v) is 10.1. The summed E-state index contributed by atoms with van der Waals surface area (Å²) in [5, 5.41) is 8.11. The number of fused-ring (bicyclic) bond motifs is 3. The lowest BCUT2D eigenvalue weighted by Crippen LogP contribution is -2.09. The molecule has 3 aromatic carbocycles. The highest BCUT2D eigenvalue weighted by atomic mass is 32.1. The zero-order chi connectivity index (χ0) is 19.8. The number of aromatic amines is 1. The minimum absolute atomic E-state index is 0.104. The molecule has 4 nitrogen and oxygen atoms in total. The standard InChI is InChI=1S/C24H18N2O2S/c1-28-17-10-8-16(9-11-17)25-21-14-15(22-7-4-12-29-22)13-19-18-5-2-3-6-20(18)26-24(27)23(19)21/h2-14,25H,1H3,(H,26,27). The van der Waals surface area contributed by atoms with Crippen LogP contribution in [0.1, 0.15) is 0 Å². The number of anilines is 2. The zero-order valence-electron chi connectivity index (χ0n) is 15.7. The van der Waals surface area contributed by atoms with Gasteiger partial charge in [-0.25, -0.2) is 0 Å². The van der Waals surface area contributed by atoms with Crippen molar-refractivity contribution in [1.29, 1.82) is 0 Å². The van der Waals surface area contributed by atoms with Crippen LogP contribution in [-0.2, 0) is 0 Å². The third-order valence-electron chi connectivity index (χ3n) is 5.01. The quantitative estimate of drug-likeness (QED) is 0.356. The third kappa shape index (κ3) is 3.15. The van der Waals surface area contributed by atoms with Crippen molar-refractivity contribution < 1.29 is 4.74 Å². The maximum Gasteiger partial charge on any atom is 0.258 e. The Balaban J connectivity index is 1.78. The number of ether oxygens (including phenoxy) is 1. The van der Waals surface area contributed by atoms with E-state index in [4.69, 9.17) is 4.74 Å². The molecule has 0 radical (unpaired) electrons. The fourth-order valence-electron chi connectivity index (χ4n) is 3.62. The van der Waals surface area contributed by atoms with Crippen LogP contribution in [0.15, 0.2) is 83.0 Å². The molecular weight excluding hydrogens is 380 g/mol. The number of hydrogen-bond donors (Lipinski definition) is 2. The Labute approximate surface area is 171 Å². The summed E-state index contributed by atoms with van der Waals surface area (Å²) < 4.78 is 5.24. The lowest BCUT2D eigenvalue weighted by atomic mass is 10.0. The molecule has 0 aliphatic rings. The van der Waals surface area contributed by atoms with E-state index >= 15 is 0 Å². The summed E-state index contributed by atoms with van der Waals surface area (Å²) in [6, 6.07) is 23.9. The van der Waals surface area contributed by atoms with Gasteiger partial charge in [0.15, 0.2) is 0 Å². The van der Waals surface area contributed by atoms with Crippen molar-refractivity contribution >= 4 is 44.4 Å². The van der Waals surface area contributed by atoms with Gasteiger partial charge in [-0.1, -0.05) is 24.3 Å². The zero-order valence-corrected chi connectivity index (χ0v) is 16.5. The number of rotatable bonds is 4. The van der Waals surface area contributed by atoms with Crippen LogP contribution in [-0.4, -0.2) is 12.1 Å². The first kappa shape index (κ1) is 17.5. The molecule has 0 fully saturated rings. The van der Waals surface area contributed by atoms with Gasteiger partial charge in [-0.15, -0.1) is 11.3 Å². The minimum atomic E-state index is -0.104. The topological polar surface area (TPSA) is 54.1 Å². The van der Waals surface area contributed by atoms with Gasteiger partial charge in [0.25, 0.3) is 5.56 Å². The molecule has 0 aliphatic carbocycles. The number of nitrogens with one attached hydrogen (secondary N) is 2. The third-order valence-corrected chi connectivity index (χ3v) is 5.92. The average molecular weight is 398 g/mol. The molecule has 0 bridgehead atoms. The summed E-state index contributed by atoms with van der Waals surface area (Å²) in [7, 11) is 1.64. The summed E-state index contributed by atoms with van der Waals surface area (Å²) in [5.41, 5.74) is 3.49. The van der Waals surface area contributed by atoms with Crippen LogP contribution in [0.3, 0.4) is 0 Å². The highest BCUT2D eigenvalue weighted by Gasteiger charge is 2.13. The van der Waals surface area contributed by atoms with E-state index in [9.17, 15) is 4.79 Å². The molecule has 0 saturated heterocycles. The lowest BCUT2D eigenvalue weighted by molar-refractivity contribution is 0.415. The molecule has 0 spiro atoms. The molecule has 5 rings (SSSR count). The Bertz CT molecular complexity index is 1370. The molecule has 29 heavy (non-hydrogen) atoms. The van der Waals surface area contributed by atoms with Gasteiger partial charge in [0.2, 0.25) is 0 Å². The van der Waals surface area contributed by atoms with Crippen LogP contribution in [0.25, 0.3) is 32.1 Å². The predicted octanol–water partition coefficient (Wildman–Crippen LogP) is 6.16. The first-order chi connectivity index (χ1) is 14.2. The molecule has 2 heterocycles. The molecule has 0 amide bonds. The second-order valence-electron chi connectivity index (χ2n) is 6.78. The Morgan fingerprint density at radius 1 is 0.931 bits per heavy atom. The van der Waals surface area contributed by atoms with Gasteiger partial charge in [-0.2, -0.15) is 0 Å². The molecule has 142 valence electrons. The highest BCUT2D eigenvalue weighted by molar-refractivity contribution is 7.13. The number of H-pyrrole nitrogens is 1. The van der Waals surface area contributed by atoms with E-state index in [0.29, 0.717) is 5.39 Å². The number of aromatic nitrogens is 1. The van der Waals surface area contributed by atoms with Crippen LogP contribution < -0.4 is 15.6 Å². The highest BCUT2D eigenvalue weighted by Crippen LogP contribution is 2.35. The number of thiophene rings is 1. The van der Waals surface area contributed by atoms with E-state index < -0.39 is 0 Å². The van der Waals surface area contributed by atoms with Crippen molar-refractivity contribution in [3.8, 4) is 16.2 Å². The first-order valence-electron chi connectivity index (χ1n) is 9.27. The van der Waals surface area contributed by atoms with Crippen LogP contribution >= 0.6 is 11.3 Å². The summed E-state index contributed by atoms with van der Waals surface area (Å²) >= 11 is 1.68. The number of para-hydroxylation sites is 1. The fraction of sp³-hybridized carbons (Fsp3) is 0.0417. The Morgan fingerprint density at radius 3 is 2.52 bits per heavy atom. The van der Waals surface area contributed by atoms with Crippen LogP contribution in [0.2, 0.25) is 0 Å². The van der Waals surface area contributed by atoms with E-state index in [0.717, 1.165) is 43.9 Å². The van der Waals surface area contributed by atoms with Gasteiger partial charge >= 0.3 is 0 Å². The number of benzene rings is 3. The average Bonchev–Trinajstić information content (AvgIpc) is 3.29. The van der Waals surface area contributed by atoms with Crippen LogP contribution in [0, 0.1) is 0 Å². The summed E-state index contributed by atoms with van der Waals surface area (Å²) in [4.78, 5) is 17.2. The van der Waals surface area contributed by atoms with E-state index in [2.05, 4.69) is 27.8 Å². The van der Waals surface area contributed by atoms with Gasteiger partial charge in [0.05, 0.1) is 18.2 Å². The van der Waals surface area contributed by atoms with E-state index in [-0.39, 0.29) is 5.56 Å². The summed E-state index contributed by atoms with van der Waals surface area (Å²) in [5.74, 6) is 0.789. The molecule has 0 aliphatic heterocycles. The Kier molecular flexibility index (Phi) is 4.30. The van der Waals surface area contributed by atoms with Gasteiger partial charge < -0.3 is 15.0 Å². The minimum Gasteiger partial charge on any atom is -0.497 e. The largest absolute Gasteiger partial charge is 0.497 e. The predicted molar refractivity (Wildman–Crippen MR) is 122 cm³/mol. The molecule has 0 atom stereocenters. The molecule has 0 saturated carbocycles. The Morgan fingerprint density at radius 2 is 1.76 bits per heavy atom. The maximum absolute atomic E-state index is 13.0. The van der Waals surface area contributed by atoms with E-state index in [1.807, 2.05) is 60.7 Å². The summed E-state index contributed by atoms with van der Waals surface area (Å²) in [6.07, 6.45) is 0. The summed E-state index contributed by atoms with van der Waals surface area (Å²) in [6.45, 7) is 0. The van der Waals surface area contributed by atoms with Crippen molar-refractivity contribution in [2.24, 2.45) is 0 Å². The number of pyridine rings is 1. The van der Waals surface area contributed by atoms with Crippen molar-refractivity contribution in [2.45, 2.75) is 0 Å². The van der Waals surface area contributed by atoms with Crippen molar-refractivity contribution in [1.82, 2.24) is 4.98 Å².